The van der Waals surface area contributed by atoms with E-state index in [1.54, 1.807) is 6.07 Å². The molecule has 1 N–H and O–H groups in total. The molecule has 17 heavy (non-hydrogen) atoms. The third-order valence-corrected chi connectivity index (χ3v) is 2.68. The summed E-state index contributed by atoms with van der Waals surface area (Å²) in [7, 11) is 0. The van der Waals surface area contributed by atoms with Crippen molar-refractivity contribution in [3.63, 3.8) is 0 Å². The van der Waals surface area contributed by atoms with E-state index in [0.717, 1.165) is 30.5 Å². The molecule has 1 aromatic carbocycles. The van der Waals surface area contributed by atoms with E-state index < -0.39 is 0 Å². The van der Waals surface area contributed by atoms with Crippen LogP contribution in [-0.4, -0.2) is 12.6 Å². The summed E-state index contributed by atoms with van der Waals surface area (Å²) < 4.78 is 13.0. The van der Waals surface area contributed by atoms with Crippen LogP contribution in [0.2, 0.25) is 0 Å². The van der Waals surface area contributed by atoms with Gasteiger partial charge in [-0.3, -0.25) is 0 Å². The number of benzene rings is 1. The molecule has 0 spiro atoms. The lowest BCUT2D eigenvalue weighted by molar-refractivity contribution is 0.594. The lowest BCUT2D eigenvalue weighted by Crippen LogP contribution is -2.23. The zero-order chi connectivity index (χ0) is 12.7. The van der Waals surface area contributed by atoms with E-state index in [-0.39, 0.29) is 5.82 Å². The Bertz CT molecular complexity index is 369. The highest BCUT2D eigenvalue weighted by atomic mass is 19.1. The van der Waals surface area contributed by atoms with Crippen LogP contribution < -0.4 is 5.32 Å². The van der Waals surface area contributed by atoms with Gasteiger partial charge in [-0.05, 0) is 49.6 Å². The van der Waals surface area contributed by atoms with E-state index in [1.807, 2.05) is 13.0 Å². The fraction of sp³-hybridized carbons (Fsp3) is 0.467. The third-order valence-electron chi connectivity index (χ3n) is 2.68. The quantitative estimate of drug-likeness (QED) is 0.586. The molecule has 0 radical (unpaired) electrons. The summed E-state index contributed by atoms with van der Waals surface area (Å²) in [5, 5.41) is 3.35. The van der Waals surface area contributed by atoms with Crippen LogP contribution in [0.4, 0.5) is 4.39 Å². The van der Waals surface area contributed by atoms with E-state index in [9.17, 15) is 4.39 Å². The Hall–Kier alpha value is -1.15. The van der Waals surface area contributed by atoms with Gasteiger partial charge in [0.2, 0.25) is 0 Å². The van der Waals surface area contributed by atoms with Crippen molar-refractivity contribution in [1.82, 2.24) is 5.32 Å². The van der Waals surface area contributed by atoms with E-state index in [0.29, 0.717) is 6.04 Å². The minimum absolute atomic E-state index is 0.152. The van der Waals surface area contributed by atoms with Crippen LogP contribution in [-0.2, 0) is 6.42 Å². The summed E-state index contributed by atoms with van der Waals surface area (Å²) in [5.41, 5.74) is 2.22. The predicted molar refractivity (Wildman–Crippen MR) is 71.7 cm³/mol. The van der Waals surface area contributed by atoms with Crippen molar-refractivity contribution in [2.45, 2.75) is 39.7 Å². The molecule has 0 aliphatic rings. The van der Waals surface area contributed by atoms with Crippen molar-refractivity contribution < 1.29 is 4.39 Å². The maximum absolute atomic E-state index is 13.0. The molecular formula is C15H22FN. The molecular weight excluding hydrogens is 213 g/mol. The number of hydrogen-bond acceptors (Lipinski definition) is 1. The first-order valence-corrected chi connectivity index (χ1v) is 6.23. The fourth-order valence-electron chi connectivity index (χ4n) is 1.64. The molecule has 0 saturated carbocycles. The summed E-state index contributed by atoms with van der Waals surface area (Å²) in [4.78, 5) is 0. The highest BCUT2D eigenvalue weighted by molar-refractivity contribution is 5.28. The van der Waals surface area contributed by atoms with Gasteiger partial charge in [0.15, 0.2) is 0 Å². The van der Waals surface area contributed by atoms with Gasteiger partial charge in [-0.2, -0.15) is 0 Å². The number of hydrogen-bond donors (Lipinski definition) is 1. The minimum Gasteiger partial charge on any atom is -0.314 e. The summed E-state index contributed by atoms with van der Waals surface area (Å²) >= 11 is 0. The summed E-state index contributed by atoms with van der Waals surface area (Å²) in [6, 6.07) is 5.49. The van der Waals surface area contributed by atoms with Crippen molar-refractivity contribution in [2.75, 3.05) is 6.54 Å². The Morgan fingerprint density at radius 3 is 2.76 bits per heavy atom. The van der Waals surface area contributed by atoms with E-state index in [1.165, 1.54) is 6.07 Å². The van der Waals surface area contributed by atoms with Crippen LogP contribution in [0.25, 0.3) is 0 Å². The van der Waals surface area contributed by atoms with Gasteiger partial charge in [0.25, 0.3) is 0 Å². The average Bonchev–Trinajstić information content (AvgIpc) is 2.27. The lowest BCUT2D eigenvalue weighted by atomic mass is 10.1. The summed E-state index contributed by atoms with van der Waals surface area (Å²) in [6.45, 7) is 7.29. The molecule has 0 bridgehead atoms. The molecule has 0 atom stereocenters. The van der Waals surface area contributed by atoms with Gasteiger partial charge in [-0.25, -0.2) is 4.39 Å². The molecule has 1 nitrogen and oxygen atoms in total. The largest absolute Gasteiger partial charge is 0.314 e. The maximum atomic E-state index is 13.0. The van der Waals surface area contributed by atoms with Crippen molar-refractivity contribution in [3.8, 4) is 0 Å². The molecule has 94 valence electrons. The molecule has 0 fully saturated rings. The summed E-state index contributed by atoms with van der Waals surface area (Å²) in [6.07, 6.45) is 6.10. The van der Waals surface area contributed by atoms with Crippen molar-refractivity contribution in [3.05, 3.63) is 47.3 Å². The first-order valence-electron chi connectivity index (χ1n) is 6.23. The van der Waals surface area contributed by atoms with Gasteiger partial charge in [0.05, 0.1) is 0 Å². The van der Waals surface area contributed by atoms with Crippen LogP contribution in [0.1, 0.15) is 31.4 Å². The van der Waals surface area contributed by atoms with Crippen LogP contribution in [0.3, 0.4) is 0 Å². The Balaban J connectivity index is 2.34. The fourth-order valence-corrected chi connectivity index (χ4v) is 1.64. The molecule has 0 aliphatic carbocycles. The van der Waals surface area contributed by atoms with Crippen LogP contribution in [0.5, 0.6) is 0 Å². The minimum atomic E-state index is -0.152. The van der Waals surface area contributed by atoms with Gasteiger partial charge in [0, 0.05) is 6.04 Å². The second-order valence-corrected chi connectivity index (χ2v) is 4.64. The molecule has 0 heterocycles. The molecule has 1 rings (SSSR count). The zero-order valence-corrected chi connectivity index (χ0v) is 11.0. The first kappa shape index (κ1) is 13.9. The number of halogens is 1. The number of nitrogens with one attached hydrogen (secondary N) is 1. The van der Waals surface area contributed by atoms with Crippen molar-refractivity contribution in [2.24, 2.45) is 0 Å². The molecule has 0 saturated heterocycles. The van der Waals surface area contributed by atoms with Crippen LogP contribution >= 0.6 is 0 Å². The molecule has 1 aromatic rings. The first-order chi connectivity index (χ1) is 8.09. The highest BCUT2D eigenvalue weighted by Gasteiger charge is 1.97. The Morgan fingerprint density at radius 1 is 1.29 bits per heavy atom. The maximum Gasteiger partial charge on any atom is 0.123 e. The van der Waals surface area contributed by atoms with Gasteiger partial charge in [-0.1, -0.05) is 32.1 Å². The Labute approximate surface area is 104 Å². The van der Waals surface area contributed by atoms with E-state index >= 15 is 0 Å². The normalized spacial score (nSPS) is 11.6. The van der Waals surface area contributed by atoms with Crippen LogP contribution in [0, 0.1) is 12.7 Å². The van der Waals surface area contributed by atoms with Gasteiger partial charge in [-0.15, -0.1) is 0 Å². The smallest absolute Gasteiger partial charge is 0.123 e. The Morgan fingerprint density at radius 2 is 2.06 bits per heavy atom. The predicted octanol–water partition coefficient (Wildman–Crippen LogP) is 3.62. The topological polar surface area (TPSA) is 12.0 Å². The van der Waals surface area contributed by atoms with E-state index in [4.69, 9.17) is 0 Å². The number of aryl methyl sites for hydroxylation is 1. The van der Waals surface area contributed by atoms with Gasteiger partial charge >= 0.3 is 0 Å². The van der Waals surface area contributed by atoms with Crippen molar-refractivity contribution in [1.29, 1.82) is 0 Å². The van der Waals surface area contributed by atoms with E-state index in [2.05, 4.69) is 31.3 Å². The number of rotatable bonds is 6. The van der Waals surface area contributed by atoms with Gasteiger partial charge < -0.3 is 5.32 Å². The third kappa shape index (κ3) is 5.64. The number of allylic oxidation sites excluding steroid dienone is 1. The second-order valence-electron chi connectivity index (χ2n) is 4.64. The highest BCUT2D eigenvalue weighted by Crippen LogP contribution is 2.11. The van der Waals surface area contributed by atoms with Crippen LogP contribution in [0.15, 0.2) is 30.4 Å². The second kappa shape index (κ2) is 7.23. The molecule has 0 unspecified atom stereocenters. The average molecular weight is 235 g/mol. The Kier molecular flexibility index (Phi) is 5.92. The molecule has 0 aliphatic heterocycles. The standard InChI is InChI=1S/C15H22FN/c1-12(2)17-10-6-4-5-7-14-11-15(16)9-8-13(14)3/h4-5,8-9,11-12,17H,6-7,10H2,1-3H3/b5-4+. The molecule has 2 heteroatoms. The molecule has 0 amide bonds. The zero-order valence-electron chi connectivity index (χ0n) is 11.0. The SMILES string of the molecule is Cc1ccc(F)cc1C/C=C/CCNC(C)C. The molecule has 0 aromatic heterocycles. The monoisotopic (exact) mass is 235 g/mol. The summed E-state index contributed by atoms with van der Waals surface area (Å²) in [5.74, 6) is -0.152. The van der Waals surface area contributed by atoms with Crippen molar-refractivity contribution >= 4 is 0 Å². The van der Waals surface area contributed by atoms with Gasteiger partial charge in [0.1, 0.15) is 5.82 Å². The lowest BCUT2D eigenvalue weighted by Gasteiger charge is -2.05.